The highest BCUT2D eigenvalue weighted by atomic mass is 35.5. The van der Waals surface area contributed by atoms with Crippen molar-refractivity contribution in [3.05, 3.63) is 34.6 Å². The van der Waals surface area contributed by atoms with Gasteiger partial charge in [0.25, 0.3) is 0 Å². The van der Waals surface area contributed by atoms with E-state index in [1.165, 1.54) is 12.1 Å². The number of carboxylic acid groups (broad SMARTS) is 1. The van der Waals surface area contributed by atoms with Crippen molar-refractivity contribution in [1.82, 2.24) is 4.90 Å². The van der Waals surface area contributed by atoms with Gasteiger partial charge in [-0.15, -0.1) is 0 Å². The third kappa shape index (κ3) is 2.81. The quantitative estimate of drug-likeness (QED) is 0.926. The largest absolute Gasteiger partial charge is 0.481 e. The first kappa shape index (κ1) is 15.3. The summed E-state index contributed by atoms with van der Waals surface area (Å²) in [5.74, 6) is -1.02. The molecule has 1 aromatic carbocycles. The van der Waals surface area contributed by atoms with E-state index in [-0.39, 0.29) is 11.7 Å². The number of rotatable bonds is 4. The first-order chi connectivity index (χ1) is 9.35. The Morgan fingerprint density at radius 3 is 2.75 bits per heavy atom. The molecule has 2 rings (SSSR count). The number of carboxylic acids is 1. The number of hydrogen-bond acceptors (Lipinski definition) is 2. The smallest absolute Gasteiger partial charge is 0.311 e. The lowest BCUT2D eigenvalue weighted by Crippen LogP contribution is -2.39. The molecule has 1 heterocycles. The maximum absolute atomic E-state index is 13.0. The summed E-state index contributed by atoms with van der Waals surface area (Å²) in [4.78, 5) is 13.6. The minimum atomic E-state index is -0.736. The van der Waals surface area contributed by atoms with Gasteiger partial charge in [0.1, 0.15) is 5.82 Å². The van der Waals surface area contributed by atoms with Crippen molar-refractivity contribution < 1.29 is 14.3 Å². The van der Waals surface area contributed by atoms with Crippen LogP contribution in [0.1, 0.15) is 25.8 Å². The Bertz CT molecular complexity index is 521. The maximum Gasteiger partial charge on any atom is 0.311 e. The second kappa shape index (κ2) is 5.70. The Morgan fingerprint density at radius 2 is 2.25 bits per heavy atom. The molecule has 0 radical (unpaired) electrons. The van der Waals surface area contributed by atoms with Gasteiger partial charge < -0.3 is 5.11 Å². The first-order valence-electron chi connectivity index (χ1n) is 6.75. The number of carbonyl (C=O) groups is 1. The van der Waals surface area contributed by atoms with E-state index >= 15 is 0 Å². The number of hydrogen-bond donors (Lipinski definition) is 1. The van der Waals surface area contributed by atoms with Crippen LogP contribution in [0, 0.1) is 17.2 Å². The van der Waals surface area contributed by atoms with Crippen molar-refractivity contribution in [2.24, 2.45) is 11.3 Å². The van der Waals surface area contributed by atoms with Crippen LogP contribution >= 0.6 is 11.6 Å². The molecule has 1 N–H and O–H groups in total. The van der Waals surface area contributed by atoms with Gasteiger partial charge in [-0.05, 0) is 36.6 Å². The zero-order chi connectivity index (χ0) is 14.9. The highest BCUT2D eigenvalue weighted by molar-refractivity contribution is 6.31. The van der Waals surface area contributed by atoms with Gasteiger partial charge in [-0.1, -0.05) is 31.5 Å². The lowest BCUT2D eigenvalue weighted by atomic mass is 9.76. The van der Waals surface area contributed by atoms with Crippen molar-refractivity contribution in [3.8, 4) is 0 Å². The molecule has 1 saturated heterocycles. The van der Waals surface area contributed by atoms with Crippen LogP contribution in [0.5, 0.6) is 0 Å². The molecule has 1 aromatic rings. The fourth-order valence-corrected chi connectivity index (χ4v) is 3.06. The fraction of sp³-hybridized carbons (Fsp3) is 0.533. The SMILES string of the molecule is CC(C)C1(C(=O)O)CCN(Cc2ccc(F)cc2Cl)C1. The summed E-state index contributed by atoms with van der Waals surface area (Å²) in [7, 11) is 0. The van der Waals surface area contributed by atoms with Gasteiger partial charge in [0.05, 0.1) is 5.41 Å². The topological polar surface area (TPSA) is 40.5 Å². The lowest BCUT2D eigenvalue weighted by Gasteiger charge is -2.29. The average molecular weight is 300 g/mol. The van der Waals surface area contributed by atoms with Crippen LogP contribution in [0.25, 0.3) is 0 Å². The van der Waals surface area contributed by atoms with Gasteiger partial charge in [-0.3, -0.25) is 9.69 Å². The molecule has 1 aliphatic heterocycles. The highest BCUT2D eigenvalue weighted by Gasteiger charge is 2.47. The predicted octanol–water partition coefficient (Wildman–Crippen LogP) is 3.41. The minimum absolute atomic E-state index is 0.0775. The summed E-state index contributed by atoms with van der Waals surface area (Å²) < 4.78 is 13.0. The van der Waals surface area contributed by atoms with E-state index in [4.69, 9.17) is 11.6 Å². The molecular weight excluding hydrogens is 281 g/mol. The van der Waals surface area contributed by atoms with Crippen molar-refractivity contribution in [2.75, 3.05) is 13.1 Å². The van der Waals surface area contributed by atoms with Crippen LogP contribution in [0.15, 0.2) is 18.2 Å². The molecule has 1 fully saturated rings. The minimum Gasteiger partial charge on any atom is -0.481 e. The molecule has 0 aromatic heterocycles. The lowest BCUT2D eigenvalue weighted by molar-refractivity contribution is -0.151. The van der Waals surface area contributed by atoms with Gasteiger partial charge in [0, 0.05) is 18.1 Å². The summed E-state index contributed by atoms with van der Waals surface area (Å²) >= 11 is 6.02. The Hall–Kier alpha value is -1.13. The number of nitrogens with zero attached hydrogens (tertiary/aromatic N) is 1. The molecule has 110 valence electrons. The first-order valence-corrected chi connectivity index (χ1v) is 7.12. The number of halogens is 2. The van der Waals surface area contributed by atoms with Gasteiger partial charge in [0.15, 0.2) is 0 Å². The van der Waals surface area contributed by atoms with E-state index in [2.05, 4.69) is 4.90 Å². The van der Waals surface area contributed by atoms with E-state index in [0.717, 1.165) is 12.1 Å². The molecule has 0 amide bonds. The second-order valence-electron chi connectivity index (χ2n) is 5.81. The molecule has 1 unspecified atom stereocenters. The highest BCUT2D eigenvalue weighted by Crippen LogP contribution is 2.39. The van der Waals surface area contributed by atoms with Crippen molar-refractivity contribution in [2.45, 2.75) is 26.8 Å². The van der Waals surface area contributed by atoms with Crippen LogP contribution in [0.4, 0.5) is 4.39 Å². The number of aliphatic carboxylic acids is 1. The Kier molecular flexibility index (Phi) is 4.35. The normalized spacial score (nSPS) is 23.4. The molecule has 1 aliphatic rings. The summed E-state index contributed by atoms with van der Waals surface area (Å²) in [6.07, 6.45) is 0.638. The van der Waals surface area contributed by atoms with E-state index in [1.54, 1.807) is 6.07 Å². The van der Waals surface area contributed by atoms with Gasteiger partial charge >= 0.3 is 5.97 Å². The van der Waals surface area contributed by atoms with E-state index in [1.807, 2.05) is 13.8 Å². The third-order valence-corrected chi connectivity index (χ3v) is 4.67. The van der Waals surface area contributed by atoms with Gasteiger partial charge in [-0.2, -0.15) is 0 Å². The molecular formula is C15H19ClFNO2. The summed E-state index contributed by atoms with van der Waals surface area (Å²) in [6, 6.07) is 4.33. The molecule has 0 aliphatic carbocycles. The van der Waals surface area contributed by atoms with Crippen molar-refractivity contribution >= 4 is 17.6 Å². The summed E-state index contributed by atoms with van der Waals surface area (Å²) in [6.45, 7) is 5.68. The van der Waals surface area contributed by atoms with Crippen LogP contribution in [-0.4, -0.2) is 29.1 Å². The van der Waals surface area contributed by atoms with Crippen LogP contribution < -0.4 is 0 Å². The van der Waals surface area contributed by atoms with Crippen molar-refractivity contribution in [1.29, 1.82) is 0 Å². The second-order valence-corrected chi connectivity index (χ2v) is 6.22. The zero-order valence-electron chi connectivity index (χ0n) is 11.7. The van der Waals surface area contributed by atoms with E-state index in [9.17, 15) is 14.3 Å². The molecule has 5 heteroatoms. The molecule has 0 bridgehead atoms. The van der Waals surface area contributed by atoms with Crippen LogP contribution in [-0.2, 0) is 11.3 Å². The van der Waals surface area contributed by atoms with Gasteiger partial charge in [-0.25, -0.2) is 4.39 Å². The third-order valence-electron chi connectivity index (χ3n) is 4.32. The Morgan fingerprint density at radius 1 is 1.55 bits per heavy atom. The predicted molar refractivity (Wildman–Crippen MR) is 76.2 cm³/mol. The van der Waals surface area contributed by atoms with Crippen molar-refractivity contribution in [3.63, 3.8) is 0 Å². The summed E-state index contributed by atoms with van der Waals surface area (Å²) in [5, 5.41) is 9.90. The van der Waals surface area contributed by atoms with E-state index in [0.29, 0.717) is 24.5 Å². The summed E-state index contributed by atoms with van der Waals surface area (Å²) in [5.41, 5.74) is 0.144. The fourth-order valence-electron chi connectivity index (χ4n) is 2.83. The molecule has 20 heavy (non-hydrogen) atoms. The van der Waals surface area contributed by atoms with Gasteiger partial charge in [0.2, 0.25) is 0 Å². The van der Waals surface area contributed by atoms with E-state index < -0.39 is 11.4 Å². The molecule has 0 spiro atoms. The average Bonchev–Trinajstić information content (AvgIpc) is 2.78. The maximum atomic E-state index is 13.0. The molecule has 0 saturated carbocycles. The molecule has 1 atom stereocenters. The van der Waals surface area contributed by atoms with Crippen LogP contribution in [0.2, 0.25) is 5.02 Å². The molecule has 3 nitrogen and oxygen atoms in total. The zero-order valence-corrected chi connectivity index (χ0v) is 12.5. The Balaban J connectivity index is 2.11. The van der Waals surface area contributed by atoms with Crippen LogP contribution in [0.3, 0.4) is 0 Å². The standard InChI is InChI=1S/C15H19ClFNO2/c1-10(2)15(14(19)20)5-6-18(9-15)8-11-3-4-12(17)7-13(11)16/h3-4,7,10H,5-6,8-9H2,1-2H3,(H,19,20). The Labute approximate surface area is 123 Å². The number of likely N-dealkylation sites (tertiary alicyclic amines) is 1. The monoisotopic (exact) mass is 299 g/mol. The number of benzene rings is 1.